The molecule has 1 aromatic rings. The number of nitrogens with zero attached hydrogens (tertiary/aromatic N) is 2. The van der Waals surface area contributed by atoms with E-state index < -0.39 is 0 Å². The van der Waals surface area contributed by atoms with E-state index in [1.165, 1.54) is 11.1 Å². The molecule has 0 amide bonds. The Morgan fingerprint density at radius 1 is 1.29 bits per heavy atom. The number of nitrogen functional groups attached to an aromatic ring is 1. The second-order valence-electron chi connectivity index (χ2n) is 4.10. The van der Waals surface area contributed by atoms with Gasteiger partial charge >= 0.3 is 6.34 Å². The smallest absolute Gasteiger partial charge is 0.303 e. The molecular weight excluding hydrogens is 212 g/mol. The molecule has 2 rings (SSSR count). The SMILES string of the molecule is CCc1cc(N)cc(CC)c1N[N+]1=CCN=C1. The Hall–Kier alpha value is -1.84. The van der Waals surface area contributed by atoms with E-state index in [1.807, 2.05) is 23.0 Å². The van der Waals surface area contributed by atoms with Gasteiger partial charge in [-0.3, -0.25) is 0 Å². The van der Waals surface area contributed by atoms with Crippen LogP contribution in [-0.4, -0.2) is 23.8 Å². The Labute approximate surface area is 102 Å². The minimum atomic E-state index is 0.741. The Balaban J connectivity index is 2.38. The molecule has 0 fully saturated rings. The summed E-state index contributed by atoms with van der Waals surface area (Å²) in [4.78, 5) is 4.15. The highest BCUT2D eigenvalue weighted by Crippen LogP contribution is 2.25. The fraction of sp³-hybridized carbons (Fsp3) is 0.385. The molecule has 4 nitrogen and oxygen atoms in total. The largest absolute Gasteiger partial charge is 0.399 e. The lowest BCUT2D eigenvalue weighted by atomic mass is 10.0. The molecule has 1 heterocycles. The highest BCUT2D eigenvalue weighted by Gasteiger charge is 2.12. The molecule has 0 aromatic heterocycles. The Bertz CT molecular complexity index is 449. The molecule has 90 valence electrons. The van der Waals surface area contributed by atoms with Gasteiger partial charge in [-0.2, -0.15) is 0 Å². The van der Waals surface area contributed by atoms with Gasteiger partial charge in [0.25, 0.3) is 0 Å². The summed E-state index contributed by atoms with van der Waals surface area (Å²) < 4.78 is 1.91. The van der Waals surface area contributed by atoms with Gasteiger partial charge in [0.1, 0.15) is 6.21 Å². The molecule has 0 saturated heterocycles. The van der Waals surface area contributed by atoms with Gasteiger partial charge in [0.15, 0.2) is 6.54 Å². The van der Waals surface area contributed by atoms with Crippen LogP contribution in [0.15, 0.2) is 17.1 Å². The number of aliphatic imine (C=N–C) groups is 1. The molecule has 17 heavy (non-hydrogen) atoms. The van der Waals surface area contributed by atoms with Crippen LogP contribution in [0.5, 0.6) is 0 Å². The number of hydrogen-bond acceptors (Lipinski definition) is 3. The van der Waals surface area contributed by atoms with Crippen LogP contribution in [0, 0.1) is 0 Å². The number of aryl methyl sites for hydroxylation is 2. The highest BCUT2D eigenvalue weighted by atomic mass is 15.4. The van der Waals surface area contributed by atoms with E-state index in [1.54, 1.807) is 6.34 Å². The fourth-order valence-electron chi connectivity index (χ4n) is 2.02. The van der Waals surface area contributed by atoms with Gasteiger partial charge in [-0.25, -0.2) is 5.43 Å². The number of hydrazine groups is 1. The normalized spacial score (nSPS) is 13.9. The molecule has 1 aromatic carbocycles. The number of benzene rings is 1. The summed E-state index contributed by atoms with van der Waals surface area (Å²) in [5.74, 6) is 0. The number of nitrogens with one attached hydrogen (secondary N) is 1. The van der Waals surface area contributed by atoms with Crippen molar-refractivity contribution in [2.24, 2.45) is 4.99 Å². The molecule has 0 spiro atoms. The van der Waals surface area contributed by atoms with E-state index in [0.29, 0.717) is 0 Å². The van der Waals surface area contributed by atoms with Gasteiger partial charge in [0, 0.05) is 5.69 Å². The number of rotatable bonds is 4. The van der Waals surface area contributed by atoms with Crippen LogP contribution in [0.3, 0.4) is 0 Å². The van der Waals surface area contributed by atoms with Crippen LogP contribution in [0.2, 0.25) is 0 Å². The average Bonchev–Trinajstić information content (AvgIpc) is 2.83. The molecule has 0 aliphatic carbocycles. The predicted octanol–water partition coefficient (Wildman–Crippen LogP) is 1.85. The lowest BCUT2D eigenvalue weighted by molar-refractivity contribution is -0.351. The molecule has 1 aliphatic rings. The van der Waals surface area contributed by atoms with Crippen molar-refractivity contribution >= 4 is 23.9 Å². The summed E-state index contributed by atoms with van der Waals surface area (Å²) in [5, 5.41) is 0. The summed E-state index contributed by atoms with van der Waals surface area (Å²) in [6, 6.07) is 4.07. The first-order valence-electron chi connectivity index (χ1n) is 6.04. The lowest BCUT2D eigenvalue weighted by Crippen LogP contribution is -2.18. The summed E-state index contributed by atoms with van der Waals surface area (Å²) in [6.07, 6.45) is 5.74. The van der Waals surface area contributed by atoms with Gasteiger partial charge in [-0.05, 0) is 36.1 Å². The minimum Gasteiger partial charge on any atom is -0.399 e. The van der Waals surface area contributed by atoms with E-state index in [4.69, 9.17) is 5.73 Å². The van der Waals surface area contributed by atoms with Crippen LogP contribution < -0.4 is 11.2 Å². The monoisotopic (exact) mass is 231 g/mol. The molecule has 0 saturated carbocycles. The van der Waals surface area contributed by atoms with Crippen molar-refractivity contribution in [3.8, 4) is 0 Å². The standard InChI is InChI=1S/C13H19N4/c1-3-10-7-12(14)8-11(4-2)13(10)16-17-6-5-15-9-17/h6-9,16H,3-5,14H2,1-2H3/q+1. The first kappa shape index (κ1) is 11.6. The number of hydrazone groups is 1. The van der Waals surface area contributed by atoms with Gasteiger partial charge in [-0.15, -0.1) is 4.68 Å². The van der Waals surface area contributed by atoms with E-state index in [0.717, 1.165) is 30.8 Å². The predicted molar refractivity (Wildman–Crippen MR) is 72.9 cm³/mol. The molecule has 1 aliphatic heterocycles. The summed E-state index contributed by atoms with van der Waals surface area (Å²) in [6.45, 7) is 5.02. The van der Waals surface area contributed by atoms with Gasteiger partial charge in [-0.1, -0.05) is 18.8 Å². The van der Waals surface area contributed by atoms with Crippen molar-refractivity contribution in [3.05, 3.63) is 23.3 Å². The quantitative estimate of drug-likeness (QED) is 0.613. The third kappa shape index (κ3) is 2.46. The van der Waals surface area contributed by atoms with Gasteiger partial charge < -0.3 is 5.73 Å². The van der Waals surface area contributed by atoms with Crippen molar-refractivity contribution in [3.63, 3.8) is 0 Å². The number of hydrogen-bond donors (Lipinski definition) is 2. The first-order chi connectivity index (χ1) is 8.24. The van der Waals surface area contributed by atoms with Crippen molar-refractivity contribution in [2.75, 3.05) is 17.7 Å². The molecule has 0 atom stereocenters. The number of anilines is 2. The van der Waals surface area contributed by atoms with Crippen molar-refractivity contribution in [1.29, 1.82) is 0 Å². The topological polar surface area (TPSA) is 53.4 Å². The van der Waals surface area contributed by atoms with Crippen molar-refractivity contribution < 1.29 is 4.68 Å². The van der Waals surface area contributed by atoms with E-state index >= 15 is 0 Å². The Morgan fingerprint density at radius 2 is 1.94 bits per heavy atom. The maximum Gasteiger partial charge on any atom is 0.303 e. The van der Waals surface area contributed by atoms with Crippen molar-refractivity contribution in [1.82, 2.24) is 0 Å². The van der Waals surface area contributed by atoms with Crippen LogP contribution in [0.25, 0.3) is 0 Å². The first-order valence-corrected chi connectivity index (χ1v) is 6.04. The summed E-state index contributed by atoms with van der Waals surface area (Å²) in [5.41, 5.74) is 13.8. The van der Waals surface area contributed by atoms with E-state index in [-0.39, 0.29) is 0 Å². The molecule has 0 radical (unpaired) electrons. The molecule has 0 bridgehead atoms. The maximum atomic E-state index is 5.91. The lowest BCUT2D eigenvalue weighted by Gasteiger charge is -2.14. The van der Waals surface area contributed by atoms with Crippen molar-refractivity contribution in [2.45, 2.75) is 26.7 Å². The third-order valence-corrected chi connectivity index (χ3v) is 2.92. The average molecular weight is 231 g/mol. The fourth-order valence-corrected chi connectivity index (χ4v) is 2.02. The second-order valence-corrected chi connectivity index (χ2v) is 4.10. The zero-order valence-corrected chi connectivity index (χ0v) is 10.4. The molecule has 3 N–H and O–H groups in total. The molecular formula is C13H19N4+. The Morgan fingerprint density at radius 3 is 2.41 bits per heavy atom. The van der Waals surface area contributed by atoms with Crippen LogP contribution in [0.4, 0.5) is 11.4 Å². The van der Waals surface area contributed by atoms with Crippen LogP contribution in [-0.2, 0) is 12.8 Å². The zero-order valence-electron chi connectivity index (χ0n) is 10.4. The van der Waals surface area contributed by atoms with E-state index in [9.17, 15) is 0 Å². The molecule has 0 unspecified atom stereocenters. The molecule has 4 heteroatoms. The second kappa shape index (κ2) is 4.99. The zero-order chi connectivity index (χ0) is 12.3. The van der Waals surface area contributed by atoms with Gasteiger partial charge in [0.2, 0.25) is 0 Å². The maximum absolute atomic E-state index is 5.91. The Kier molecular flexibility index (Phi) is 3.42. The summed E-state index contributed by atoms with van der Waals surface area (Å²) in [7, 11) is 0. The summed E-state index contributed by atoms with van der Waals surface area (Å²) >= 11 is 0. The minimum absolute atomic E-state index is 0.741. The third-order valence-electron chi connectivity index (χ3n) is 2.92. The highest BCUT2D eigenvalue weighted by molar-refractivity contribution is 5.70. The van der Waals surface area contributed by atoms with Gasteiger partial charge in [0.05, 0.1) is 5.69 Å². The van der Waals surface area contributed by atoms with E-state index in [2.05, 4.69) is 24.3 Å². The number of nitrogens with two attached hydrogens (primary N) is 1. The van der Waals surface area contributed by atoms with Crippen LogP contribution in [0.1, 0.15) is 25.0 Å². The van der Waals surface area contributed by atoms with Crippen LogP contribution >= 0.6 is 0 Å².